The van der Waals surface area contributed by atoms with Crippen molar-refractivity contribution in [3.8, 4) is 0 Å². The van der Waals surface area contributed by atoms with Crippen molar-refractivity contribution in [1.29, 1.82) is 0 Å². The first-order chi connectivity index (χ1) is 16.3. The minimum atomic E-state index is -4.46. The molecule has 3 heterocycles. The molecule has 1 aliphatic rings. The van der Waals surface area contributed by atoms with Crippen LogP contribution in [0.2, 0.25) is 0 Å². The van der Waals surface area contributed by atoms with Crippen LogP contribution in [0, 0.1) is 0 Å². The van der Waals surface area contributed by atoms with E-state index in [1.54, 1.807) is 23.1 Å². The molecule has 0 amide bonds. The molecule has 0 unspecified atom stereocenters. The summed E-state index contributed by atoms with van der Waals surface area (Å²) in [5.41, 5.74) is 1.32. The SMILES string of the molecule is C=C/C(=C\C=C\Cl)c1nc(N(C)CCC)nc(N2CCN(c3ncccc3C(F)(F)F)CC2)n1. The third-order valence-corrected chi connectivity index (χ3v) is 5.44. The van der Waals surface area contributed by atoms with Crippen molar-refractivity contribution in [2.75, 3.05) is 54.5 Å². The zero-order chi connectivity index (χ0) is 24.7. The van der Waals surface area contributed by atoms with E-state index in [2.05, 4.69) is 33.4 Å². The second-order valence-electron chi connectivity index (χ2n) is 7.67. The summed E-state index contributed by atoms with van der Waals surface area (Å²) in [6.07, 6.45) is 2.87. The highest BCUT2D eigenvalue weighted by Gasteiger charge is 2.36. The van der Waals surface area contributed by atoms with Crippen LogP contribution in [0.1, 0.15) is 24.7 Å². The van der Waals surface area contributed by atoms with Gasteiger partial charge in [-0.15, -0.1) is 0 Å². The average Bonchev–Trinajstić information content (AvgIpc) is 2.84. The fourth-order valence-electron chi connectivity index (χ4n) is 3.59. The molecule has 0 bridgehead atoms. The number of piperazine rings is 1. The molecule has 1 fully saturated rings. The maximum atomic E-state index is 13.4. The largest absolute Gasteiger partial charge is 0.419 e. The Morgan fingerprint density at radius 1 is 1.18 bits per heavy atom. The molecule has 0 saturated carbocycles. The van der Waals surface area contributed by atoms with Crippen molar-refractivity contribution in [1.82, 2.24) is 19.9 Å². The predicted octanol–water partition coefficient (Wildman–Crippen LogP) is 4.78. The number of alkyl halides is 3. The highest BCUT2D eigenvalue weighted by Crippen LogP contribution is 2.35. The molecule has 0 aliphatic carbocycles. The second kappa shape index (κ2) is 11.3. The maximum absolute atomic E-state index is 13.4. The van der Waals surface area contributed by atoms with Gasteiger partial charge in [0.2, 0.25) is 11.9 Å². The van der Waals surface area contributed by atoms with Crippen LogP contribution in [-0.4, -0.2) is 59.7 Å². The number of rotatable bonds is 8. The van der Waals surface area contributed by atoms with Crippen LogP contribution in [-0.2, 0) is 6.18 Å². The first-order valence-corrected chi connectivity index (χ1v) is 11.3. The van der Waals surface area contributed by atoms with Gasteiger partial charge in [0.25, 0.3) is 0 Å². The number of aromatic nitrogens is 4. The molecule has 0 atom stereocenters. The molecule has 0 N–H and O–H groups in total. The van der Waals surface area contributed by atoms with Gasteiger partial charge in [-0.3, -0.25) is 0 Å². The number of anilines is 3. The molecule has 0 aromatic carbocycles. The zero-order valence-corrected chi connectivity index (χ0v) is 19.9. The van der Waals surface area contributed by atoms with E-state index in [1.807, 2.05) is 16.8 Å². The van der Waals surface area contributed by atoms with Gasteiger partial charge in [-0.25, -0.2) is 4.98 Å². The highest BCUT2D eigenvalue weighted by molar-refractivity contribution is 6.25. The lowest BCUT2D eigenvalue weighted by atomic mass is 10.2. The summed E-state index contributed by atoms with van der Waals surface area (Å²) in [6.45, 7) is 8.22. The smallest absolute Gasteiger partial charge is 0.353 e. The molecule has 2 aromatic heterocycles. The van der Waals surface area contributed by atoms with Crippen LogP contribution >= 0.6 is 11.6 Å². The number of halogens is 4. The van der Waals surface area contributed by atoms with Gasteiger partial charge < -0.3 is 14.7 Å². The van der Waals surface area contributed by atoms with Gasteiger partial charge in [-0.1, -0.05) is 43.3 Å². The van der Waals surface area contributed by atoms with Crippen molar-refractivity contribution in [3.63, 3.8) is 0 Å². The third-order valence-electron chi connectivity index (χ3n) is 5.29. The molecule has 0 spiro atoms. The van der Waals surface area contributed by atoms with Crippen LogP contribution in [0.25, 0.3) is 5.57 Å². The van der Waals surface area contributed by atoms with Gasteiger partial charge in [0.05, 0.1) is 5.56 Å². The minimum Gasteiger partial charge on any atom is -0.353 e. The Morgan fingerprint density at radius 3 is 2.50 bits per heavy atom. The third kappa shape index (κ3) is 6.05. The summed E-state index contributed by atoms with van der Waals surface area (Å²) in [7, 11) is 1.90. The normalized spacial score (nSPS) is 15.2. The maximum Gasteiger partial charge on any atom is 0.419 e. The van der Waals surface area contributed by atoms with Gasteiger partial charge in [-0.2, -0.15) is 28.1 Å². The summed E-state index contributed by atoms with van der Waals surface area (Å²) in [5, 5.41) is 0. The summed E-state index contributed by atoms with van der Waals surface area (Å²) < 4.78 is 40.3. The quantitative estimate of drug-likeness (QED) is 0.490. The van der Waals surface area contributed by atoms with E-state index < -0.39 is 11.7 Å². The van der Waals surface area contributed by atoms with E-state index in [4.69, 9.17) is 11.6 Å². The van der Waals surface area contributed by atoms with E-state index in [0.717, 1.165) is 19.0 Å². The summed E-state index contributed by atoms with van der Waals surface area (Å²) in [6, 6.07) is 2.36. The van der Waals surface area contributed by atoms with E-state index in [9.17, 15) is 13.2 Å². The molecule has 182 valence electrons. The summed E-state index contributed by atoms with van der Waals surface area (Å²) in [4.78, 5) is 23.4. The van der Waals surface area contributed by atoms with Gasteiger partial charge >= 0.3 is 6.18 Å². The Kier molecular flexibility index (Phi) is 8.49. The molecular weight excluding hydrogens is 467 g/mol. The molecule has 1 aliphatic heterocycles. The van der Waals surface area contributed by atoms with Crippen molar-refractivity contribution >= 4 is 34.9 Å². The lowest BCUT2D eigenvalue weighted by Gasteiger charge is -2.36. The molecular formula is C23H27ClF3N7. The Hall–Kier alpha value is -3.14. The zero-order valence-electron chi connectivity index (χ0n) is 19.1. The monoisotopic (exact) mass is 493 g/mol. The number of nitrogens with zero attached hydrogens (tertiary/aromatic N) is 7. The average molecular weight is 494 g/mol. The number of hydrogen-bond acceptors (Lipinski definition) is 7. The summed E-state index contributed by atoms with van der Waals surface area (Å²) in [5.74, 6) is 1.36. The van der Waals surface area contributed by atoms with Crippen molar-refractivity contribution < 1.29 is 13.2 Å². The fraction of sp³-hybridized carbons (Fsp3) is 0.391. The second-order valence-corrected chi connectivity index (χ2v) is 7.92. The molecule has 11 heteroatoms. The first kappa shape index (κ1) is 25.5. The van der Waals surface area contributed by atoms with Crippen LogP contribution in [0.5, 0.6) is 0 Å². The molecule has 3 rings (SSSR count). The van der Waals surface area contributed by atoms with E-state index >= 15 is 0 Å². The van der Waals surface area contributed by atoms with Crippen molar-refractivity contribution in [2.24, 2.45) is 0 Å². The number of pyridine rings is 1. The molecule has 34 heavy (non-hydrogen) atoms. The predicted molar refractivity (Wildman–Crippen MR) is 130 cm³/mol. The first-order valence-electron chi connectivity index (χ1n) is 10.9. The standard InChI is InChI=1S/C23H27ClF3N7/c1-4-12-32(3)21-29-19(17(5-2)8-6-10-24)30-22(31-21)34-15-13-33(14-16-34)20-18(23(25,26)27)9-7-11-28-20/h5-11H,2,4,12-16H2,1,3H3/b10-6+,17-8+. The molecule has 1 saturated heterocycles. The Labute approximate surface area is 202 Å². The Bertz CT molecular complexity index is 1050. The number of hydrogen-bond donors (Lipinski definition) is 0. The van der Waals surface area contributed by atoms with Gasteiger partial charge in [0, 0.05) is 57.1 Å². The molecule has 2 aromatic rings. The highest BCUT2D eigenvalue weighted by atomic mass is 35.5. The minimum absolute atomic E-state index is 0.0564. The van der Waals surface area contributed by atoms with Crippen LogP contribution in [0.4, 0.5) is 30.9 Å². The van der Waals surface area contributed by atoms with Crippen LogP contribution in [0.15, 0.2) is 48.7 Å². The fourth-order valence-corrected chi connectivity index (χ4v) is 3.67. The van der Waals surface area contributed by atoms with Gasteiger partial charge in [0.15, 0.2) is 5.82 Å². The van der Waals surface area contributed by atoms with E-state index in [1.165, 1.54) is 17.8 Å². The summed E-state index contributed by atoms with van der Waals surface area (Å²) >= 11 is 5.66. The van der Waals surface area contributed by atoms with E-state index in [0.29, 0.717) is 49.5 Å². The van der Waals surface area contributed by atoms with Gasteiger partial charge in [0.1, 0.15) is 5.82 Å². The topological polar surface area (TPSA) is 61.3 Å². The van der Waals surface area contributed by atoms with Crippen LogP contribution in [0.3, 0.4) is 0 Å². The lowest BCUT2D eigenvalue weighted by molar-refractivity contribution is -0.137. The van der Waals surface area contributed by atoms with Crippen LogP contribution < -0.4 is 14.7 Å². The number of allylic oxidation sites excluding steroid dienone is 4. The van der Waals surface area contributed by atoms with E-state index in [-0.39, 0.29) is 5.82 Å². The Morgan fingerprint density at radius 2 is 1.88 bits per heavy atom. The van der Waals surface area contributed by atoms with Crippen molar-refractivity contribution in [2.45, 2.75) is 19.5 Å². The molecule has 0 radical (unpaired) electrons. The van der Waals surface area contributed by atoms with Crippen molar-refractivity contribution in [3.05, 3.63) is 60.1 Å². The van der Waals surface area contributed by atoms with Gasteiger partial charge in [-0.05, 0) is 18.6 Å². The lowest BCUT2D eigenvalue weighted by Crippen LogP contribution is -2.48. The molecule has 7 nitrogen and oxygen atoms in total. The Balaban J connectivity index is 1.89.